The van der Waals surface area contributed by atoms with Crippen molar-refractivity contribution in [2.75, 3.05) is 0 Å². The van der Waals surface area contributed by atoms with E-state index in [-0.39, 0.29) is 12.1 Å². The van der Waals surface area contributed by atoms with Crippen LogP contribution in [0.5, 0.6) is 0 Å². The molecule has 7 heteroatoms. The van der Waals surface area contributed by atoms with Crippen LogP contribution in [0.25, 0.3) is 0 Å². The fraction of sp³-hybridized carbons (Fsp3) is 0.250. The van der Waals surface area contributed by atoms with Gasteiger partial charge in [-0.05, 0) is 72.4 Å². The first-order chi connectivity index (χ1) is 13.1. The molecule has 0 saturated carbocycles. The third kappa shape index (κ3) is 3.45. The second-order valence-corrected chi connectivity index (χ2v) is 8.18. The number of aromatic nitrogens is 3. The molecule has 3 aromatic heterocycles. The van der Waals surface area contributed by atoms with Gasteiger partial charge in [0.1, 0.15) is 0 Å². The van der Waals surface area contributed by atoms with Gasteiger partial charge in [-0.1, -0.05) is 12.1 Å². The first kappa shape index (κ1) is 18.4. The number of pyridine rings is 2. The molecule has 0 bridgehead atoms. The minimum Gasteiger partial charge on any atom is -0.362 e. The van der Waals surface area contributed by atoms with Gasteiger partial charge in [0.05, 0.1) is 17.8 Å². The molecule has 3 aromatic rings. The summed E-state index contributed by atoms with van der Waals surface area (Å²) < 4.78 is 1.25. The smallest absolute Gasteiger partial charge is 0.170 e. The molecule has 0 radical (unpaired) electrons. The molecule has 1 aliphatic rings. The van der Waals surface area contributed by atoms with Gasteiger partial charge in [0, 0.05) is 45.7 Å². The van der Waals surface area contributed by atoms with Gasteiger partial charge in [0.25, 0.3) is 0 Å². The van der Waals surface area contributed by atoms with Gasteiger partial charge in [0.15, 0.2) is 5.11 Å². The van der Waals surface area contributed by atoms with Crippen LogP contribution in [0.1, 0.15) is 40.3 Å². The Labute approximate surface area is 177 Å². The van der Waals surface area contributed by atoms with Crippen molar-refractivity contribution in [3.05, 3.63) is 80.7 Å². The first-order valence-corrected chi connectivity index (χ1v) is 10.3. The lowest BCUT2D eigenvalue weighted by molar-refractivity contribution is 0.309. The fourth-order valence-corrected chi connectivity index (χ4v) is 4.86. The third-order valence-electron chi connectivity index (χ3n) is 4.91. The summed E-state index contributed by atoms with van der Waals surface area (Å²) in [5, 5.41) is 4.25. The number of rotatable bonds is 4. The van der Waals surface area contributed by atoms with E-state index in [9.17, 15) is 0 Å². The molecule has 1 aliphatic heterocycles. The highest BCUT2D eigenvalue weighted by atomic mass is 127. The quantitative estimate of drug-likeness (QED) is 0.425. The normalized spacial score (nSPS) is 19.4. The number of nitrogens with one attached hydrogen (secondary N) is 2. The fourth-order valence-electron chi connectivity index (χ4n) is 3.70. The van der Waals surface area contributed by atoms with E-state index in [0.717, 1.165) is 16.4 Å². The lowest BCUT2D eigenvalue weighted by Gasteiger charge is -2.28. The van der Waals surface area contributed by atoms with Crippen molar-refractivity contribution in [3.8, 4) is 0 Å². The van der Waals surface area contributed by atoms with Crippen LogP contribution in [-0.4, -0.2) is 25.0 Å². The maximum absolute atomic E-state index is 5.74. The summed E-state index contributed by atoms with van der Waals surface area (Å²) in [6, 6.07) is 10.1. The number of halogens is 1. The number of hydrogen-bond donors (Lipinski definition) is 2. The van der Waals surface area contributed by atoms with Crippen LogP contribution in [0, 0.1) is 17.4 Å². The number of hydrogen-bond acceptors (Lipinski definition) is 3. The molecular formula is C20H20IN5S. The Kier molecular flexibility index (Phi) is 5.14. The van der Waals surface area contributed by atoms with E-state index >= 15 is 0 Å². The van der Waals surface area contributed by atoms with Crippen LogP contribution in [0.4, 0.5) is 0 Å². The summed E-state index contributed by atoms with van der Waals surface area (Å²) in [4.78, 5) is 14.6. The van der Waals surface area contributed by atoms with Crippen LogP contribution in [0.3, 0.4) is 0 Å². The Morgan fingerprint density at radius 1 is 1.15 bits per heavy atom. The summed E-state index contributed by atoms with van der Waals surface area (Å²) in [6.45, 7) is 4.94. The average molecular weight is 489 g/mol. The van der Waals surface area contributed by atoms with Crippen molar-refractivity contribution in [1.29, 1.82) is 0 Å². The number of aromatic amines is 1. The highest BCUT2D eigenvalue weighted by molar-refractivity contribution is 14.1. The number of H-pyrrole nitrogens is 1. The summed E-state index contributed by atoms with van der Waals surface area (Å²) in [5.41, 5.74) is 5.76. The van der Waals surface area contributed by atoms with Crippen LogP contribution < -0.4 is 5.32 Å². The van der Waals surface area contributed by atoms with Crippen molar-refractivity contribution in [2.45, 2.75) is 32.5 Å². The standard InChI is InChI=1S/C20H20IN5S/c1-12-16(17(21)13(2)24-12)19-18(15-7-3-4-9-23-15)25-20(27)26(19)11-14-6-5-8-22-10-14/h3-10,18-19,24H,11H2,1-2H3,(H,25,27)/t18-,19+/m0/s1. The highest BCUT2D eigenvalue weighted by Gasteiger charge is 2.42. The van der Waals surface area contributed by atoms with Gasteiger partial charge < -0.3 is 15.2 Å². The zero-order valence-corrected chi connectivity index (χ0v) is 18.1. The van der Waals surface area contributed by atoms with Crippen LogP contribution in [0.15, 0.2) is 48.9 Å². The van der Waals surface area contributed by atoms with E-state index in [2.05, 4.69) is 73.7 Å². The SMILES string of the molecule is Cc1[nH]c(C)c([C@@H]2[C@H](c3ccccn3)NC(=S)N2Cc2cccnc2)c1I. The van der Waals surface area contributed by atoms with Crippen LogP contribution >= 0.6 is 34.8 Å². The number of nitrogens with zero attached hydrogens (tertiary/aromatic N) is 3. The van der Waals surface area contributed by atoms with Gasteiger partial charge in [-0.2, -0.15) is 0 Å². The van der Waals surface area contributed by atoms with Crippen molar-refractivity contribution in [2.24, 2.45) is 0 Å². The maximum Gasteiger partial charge on any atom is 0.170 e. The summed E-state index contributed by atoms with van der Waals surface area (Å²) in [6.07, 6.45) is 5.52. The molecule has 0 aliphatic carbocycles. The topological polar surface area (TPSA) is 56.8 Å². The summed E-state index contributed by atoms with van der Waals surface area (Å²) in [7, 11) is 0. The molecule has 4 rings (SSSR count). The number of aryl methyl sites for hydroxylation is 2. The first-order valence-electron chi connectivity index (χ1n) is 8.77. The van der Waals surface area contributed by atoms with Crippen LogP contribution in [-0.2, 0) is 6.54 Å². The molecule has 27 heavy (non-hydrogen) atoms. The average Bonchev–Trinajstić information content (AvgIpc) is 3.12. The Bertz CT molecular complexity index is 957. The summed E-state index contributed by atoms with van der Waals surface area (Å²) in [5.74, 6) is 0. The molecule has 4 heterocycles. The predicted octanol–water partition coefficient (Wildman–Crippen LogP) is 4.20. The summed E-state index contributed by atoms with van der Waals surface area (Å²) >= 11 is 8.17. The second-order valence-electron chi connectivity index (χ2n) is 6.72. The molecule has 0 spiro atoms. The van der Waals surface area contributed by atoms with E-state index in [0.29, 0.717) is 6.54 Å². The van der Waals surface area contributed by atoms with E-state index in [1.807, 2.05) is 30.6 Å². The minimum atomic E-state index is -0.00205. The maximum atomic E-state index is 5.74. The lowest BCUT2D eigenvalue weighted by atomic mass is 9.96. The Morgan fingerprint density at radius 2 is 2.00 bits per heavy atom. The van der Waals surface area contributed by atoms with E-state index < -0.39 is 0 Å². The molecule has 1 fully saturated rings. The Morgan fingerprint density at radius 3 is 2.63 bits per heavy atom. The molecule has 1 saturated heterocycles. The van der Waals surface area contributed by atoms with Gasteiger partial charge in [-0.3, -0.25) is 9.97 Å². The molecule has 0 amide bonds. The predicted molar refractivity (Wildman–Crippen MR) is 118 cm³/mol. The largest absolute Gasteiger partial charge is 0.362 e. The van der Waals surface area contributed by atoms with Crippen molar-refractivity contribution >= 4 is 39.9 Å². The molecule has 5 nitrogen and oxygen atoms in total. The molecule has 0 aromatic carbocycles. The third-order valence-corrected chi connectivity index (χ3v) is 6.66. The molecular weight excluding hydrogens is 469 g/mol. The molecule has 0 unspecified atom stereocenters. The number of thiocarbonyl (C=S) groups is 1. The van der Waals surface area contributed by atoms with Crippen molar-refractivity contribution < 1.29 is 0 Å². The van der Waals surface area contributed by atoms with Crippen molar-refractivity contribution in [3.63, 3.8) is 0 Å². The molecule has 138 valence electrons. The molecule has 2 N–H and O–H groups in total. The zero-order valence-electron chi connectivity index (χ0n) is 15.1. The van der Waals surface area contributed by atoms with Crippen molar-refractivity contribution in [1.82, 2.24) is 25.2 Å². The van der Waals surface area contributed by atoms with E-state index in [4.69, 9.17) is 12.2 Å². The van der Waals surface area contributed by atoms with Gasteiger partial charge >= 0.3 is 0 Å². The molecule has 2 atom stereocenters. The minimum absolute atomic E-state index is 0.00205. The lowest BCUT2D eigenvalue weighted by Crippen LogP contribution is -2.29. The Hall–Kier alpha value is -2.00. The second kappa shape index (κ2) is 7.55. The monoisotopic (exact) mass is 489 g/mol. The van der Waals surface area contributed by atoms with Crippen LogP contribution in [0.2, 0.25) is 0 Å². The van der Waals surface area contributed by atoms with Gasteiger partial charge in [-0.25, -0.2) is 0 Å². The Balaban J connectivity index is 1.80. The van der Waals surface area contributed by atoms with Gasteiger partial charge in [-0.15, -0.1) is 0 Å². The van der Waals surface area contributed by atoms with E-state index in [1.165, 1.54) is 20.5 Å². The van der Waals surface area contributed by atoms with E-state index in [1.54, 1.807) is 6.20 Å². The van der Waals surface area contributed by atoms with Gasteiger partial charge in [0.2, 0.25) is 0 Å². The highest BCUT2D eigenvalue weighted by Crippen LogP contribution is 2.43. The zero-order chi connectivity index (χ0) is 19.0.